The monoisotopic (exact) mass is 348 g/mol. The minimum atomic E-state index is -1.85. The second kappa shape index (κ2) is 7.52. The SMILES string of the molecule is CC(C)(CCN)[P+](c1ccccc1)(c1ccccc1)c1ccccc1. The molecule has 2 N–H and O–H groups in total. The molecule has 0 aromatic heterocycles. The summed E-state index contributed by atoms with van der Waals surface area (Å²) >= 11 is 0. The standard InChI is InChI=1S/C23H27NP/c1-23(2,18-19-24)25(20-12-6-3-7-13-20,21-14-8-4-9-15-21)22-16-10-5-11-17-22/h3-17H,18-19,24H2,1-2H3/q+1. The van der Waals surface area contributed by atoms with E-state index in [1.165, 1.54) is 15.9 Å². The lowest BCUT2D eigenvalue weighted by atomic mass is 10.1. The first kappa shape index (κ1) is 17.9. The van der Waals surface area contributed by atoms with Crippen molar-refractivity contribution in [1.82, 2.24) is 0 Å². The Bertz CT molecular complexity index is 685. The lowest BCUT2D eigenvalue weighted by Gasteiger charge is -2.40. The predicted molar refractivity (Wildman–Crippen MR) is 113 cm³/mol. The molecule has 0 bridgehead atoms. The van der Waals surface area contributed by atoms with Crippen LogP contribution in [0.1, 0.15) is 20.3 Å². The molecule has 3 aromatic rings. The summed E-state index contributed by atoms with van der Waals surface area (Å²) in [6.07, 6.45) is 0.986. The van der Waals surface area contributed by atoms with Crippen molar-refractivity contribution in [2.75, 3.05) is 6.54 Å². The van der Waals surface area contributed by atoms with Crippen LogP contribution in [0.15, 0.2) is 91.0 Å². The Labute approximate surface area is 152 Å². The second-order valence-corrected chi connectivity index (χ2v) is 11.1. The number of rotatable bonds is 6. The highest BCUT2D eigenvalue weighted by Gasteiger charge is 2.56. The fourth-order valence-electron chi connectivity index (χ4n) is 3.97. The first-order chi connectivity index (χ1) is 12.1. The van der Waals surface area contributed by atoms with E-state index in [0.29, 0.717) is 6.54 Å². The van der Waals surface area contributed by atoms with Crippen molar-refractivity contribution in [3.05, 3.63) is 91.0 Å². The normalized spacial score (nSPS) is 12.1. The molecule has 0 amide bonds. The summed E-state index contributed by atoms with van der Waals surface area (Å²) in [6.45, 7) is 5.47. The zero-order chi connectivity index (χ0) is 17.8. The topological polar surface area (TPSA) is 26.0 Å². The summed E-state index contributed by atoms with van der Waals surface area (Å²) in [4.78, 5) is 0. The van der Waals surface area contributed by atoms with Gasteiger partial charge in [-0.3, -0.25) is 0 Å². The Morgan fingerprint density at radius 3 is 1.24 bits per heavy atom. The summed E-state index contributed by atoms with van der Waals surface area (Å²) in [7, 11) is -1.85. The van der Waals surface area contributed by atoms with Gasteiger partial charge in [0.1, 0.15) is 23.2 Å². The molecular weight excluding hydrogens is 321 g/mol. The first-order valence-corrected chi connectivity index (χ1v) is 10.7. The Kier molecular flexibility index (Phi) is 5.37. The fourth-order valence-corrected chi connectivity index (χ4v) is 9.29. The van der Waals surface area contributed by atoms with Gasteiger partial charge < -0.3 is 5.73 Å². The average Bonchev–Trinajstić information content (AvgIpc) is 2.65. The maximum Gasteiger partial charge on any atom is 0.117 e. The Balaban J connectivity index is 2.40. The molecule has 0 unspecified atom stereocenters. The highest BCUT2D eigenvalue weighted by molar-refractivity contribution is 7.96. The number of hydrogen-bond donors (Lipinski definition) is 1. The number of nitrogens with two attached hydrogens (primary N) is 1. The molecule has 1 nitrogen and oxygen atoms in total. The third-order valence-electron chi connectivity index (χ3n) is 5.09. The van der Waals surface area contributed by atoms with Crippen LogP contribution in [0.2, 0.25) is 0 Å². The van der Waals surface area contributed by atoms with Gasteiger partial charge in [-0.25, -0.2) is 0 Å². The molecule has 0 aliphatic rings. The van der Waals surface area contributed by atoms with Crippen LogP contribution in [0.25, 0.3) is 0 Å². The fraction of sp³-hybridized carbons (Fsp3) is 0.217. The molecule has 2 heteroatoms. The van der Waals surface area contributed by atoms with E-state index in [-0.39, 0.29) is 5.16 Å². The average molecular weight is 348 g/mol. The van der Waals surface area contributed by atoms with E-state index in [1.54, 1.807) is 0 Å². The molecule has 0 aliphatic carbocycles. The molecule has 0 radical (unpaired) electrons. The first-order valence-electron chi connectivity index (χ1n) is 8.89. The molecule has 0 saturated carbocycles. The quantitative estimate of drug-likeness (QED) is 0.667. The molecule has 0 heterocycles. The maximum atomic E-state index is 6.06. The van der Waals surface area contributed by atoms with Gasteiger partial charge in [-0.05, 0) is 63.2 Å². The Morgan fingerprint density at radius 2 is 0.960 bits per heavy atom. The lowest BCUT2D eigenvalue weighted by Crippen LogP contribution is -2.45. The molecule has 0 atom stereocenters. The van der Waals surface area contributed by atoms with Gasteiger partial charge in [-0.2, -0.15) is 0 Å². The van der Waals surface area contributed by atoms with Gasteiger partial charge in [0.2, 0.25) is 0 Å². The van der Waals surface area contributed by atoms with Crippen molar-refractivity contribution in [1.29, 1.82) is 0 Å². The summed E-state index contributed by atoms with van der Waals surface area (Å²) in [5.41, 5.74) is 6.06. The van der Waals surface area contributed by atoms with Gasteiger partial charge in [-0.1, -0.05) is 54.6 Å². The van der Waals surface area contributed by atoms with Crippen molar-refractivity contribution < 1.29 is 0 Å². The third-order valence-corrected chi connectivity index (χ3v) is 10.4. The smallest absolute Gasteiger partial charge is 0.117 e. The highest BCUT2D eigenvalue weighted by Crippen LogP contribution is 2.66. The van der Waals surface area contributed by atoms with Crippen molar-refractivity contribution in [2.45, 2.75) is 25.4 Å². The Morgan fingerprint density at radius 1 is 0.640 bits per heavy atom. The maximum absolute atomic E-state index is 6.06. The molecule has 0 aliphatic heterocycles. The second-order valence-electron chi connectivity index (χ2n) is 7.03. The molecule has 128 valence electrons. The van der Waals surface area contributed by atoms with Crippen LogP contribution < -0.4 is 21.6 Å². The van der Waals surface area contributed by atoms with Crippen LogP contribution in [0, 0.1) is 0 Å². The molecule has 3 rings (SSSR count). The van der Waals surface area contributed by atoms with Crippen LogP contribution in [-0.2, 0) is 0 Å². The number of benzene rings is 3. The van der Waals surface area contributed by atoms with Gasteiger partial charge in [0, 0.05) is 0 Å². The molecular formula is C23H27NP+. The predicted octanol–water partition coefficient (Wildman–Crippen LogP) is 4.11. The van der Waals surface area contributed by atoms with Gasteiger partial charge in [0.15, 0.2) is 0 Å². The summed E-state index contributed by atoms with van der Waals surface area (Å²) in [6, 6.07) is 33.1. The van der Waals surface area contributed by atoms with Crippen molar-refractivity contribution in [2.24, 2.45) is 5.73 Å². The van der Waals surface area contributed by atoms with E-state index in [1.807, 2.05) is 0 Å². The van der Waals surface area contributed by atoms with E-state index < -0.39 is 7.26 Å². The zero-order valence-electron chi connectivity index (χ0n) is 15.1. The van der Waals surface area contributed by atoms with Gasteiger partial charge >= 0.3 is 0 Å². The molecule has 25 heavy (non-hydrogen) atoms. The highest BCUT2D eigenvalue weighted by atomic mass is 31.2. The van der Waals surface area contributed by atoms with Crippen molar-refractivity contribution in [3.8, 4) is 0 Å². The summed E-state index contributed by atoms with van der Waals surface area (Å²) in [5, 5.41) is 4.33. The van der Waals surface area contributed by atoms with E-state index in [2.05, 4.69) is 105 Å². The molecule has 0 spiro atoms. The van der Waals surface area contributed by atoms with Crippen LogP contribution in [0.4, 0.5) is 0 Å². The van der Waals surface area contributed by atoms with E-state index in [9.17, 15) is 0 Å². The summed E-state index contributed by atoms with van der Waals surface area (Å²) < 4.78 is 0. The minimum Gasteiger partial charge on any atom is -0.330 e. The van der Waals surface area contributed by atoms with Gasteiger partial charge in [-0.15, -0.1) is 0 Å². The van der Waals surface area contributed by atoms with Crippen LogP contribution in [-0.4, -0.2) is 11.7 Å². The minimum absolute atomic E-state index is 0.0613. The van der Waals surface area contributed by atoms with Crippen molar-refractivity contribution in [3.63, 3.8) is 0 Å². The van der Waals surface area contributed by atoms with Gasteiger partial charge in [0.25, 0.3) is 0 Å². The molecule has 0 saturated heterocycles. The molecule has 0 fully saturated rings. The third kappa shape index (κ3) is 3.15. The molecule has 3 aromatic carbocycles. The summed E-state index contributed by atoms with van der Waals surface area (Å²) in [5.74, 6) is 0. The number of hydrogen-bond acceptors (Lipinski definition) is 1. The van der Waals surface area contributed by atoms with Crippen LogP contribution in [0.5, 0.6) is 0 Å². The lowest BCUT2D eigenvalue weighted by molar-refractivity contribution is 0.637. The van der Waals surface area contributed by atoms with E-state index in [4.69, 9.17) is 5.73 Å². The van der Waals surface area contributed by atoms with Crippen LogP contribution in [0.3, 0.4) is 0 Å². The Hall–Kier alpha value is -1.95. The van der Waals surface area contributed by atoms with Crippen LogP contribution >= 0.6 is 7.26 Å². The van der Waals surface area contributed by atoms with E-state index >= 15 is 0 Å². The zero-order valence-corrected chi connectivity index (χ0v) is 16.0. The largest absolute Gasteiger partial charge is 0.330 e. The van der Waals surface area contributed by atoms with Crippen molar-refractivity contribution >= 4 is 23.2 Å². The van der Waals surface area contributed by atoms with E-state index in [0.717, 1.165) is 6.42 Å². The van der Waals surface area contributed by atoms with Gasteiger partial charge in [0.05, 0.1) is 5.16 Å².